The molecule has 2 aromatic carbocycles. The van der Waals surface area contributed by atoms with E-state index in [9.17, 15) is 29.1 Å². The molecule has 2 amide bonds. The fourth-order valence-corrected chi connectivity index (χ4v) is 4.33. The normalized spacial score (nSPS) is 18.7. The minimum absolute atomic E-state index is 0.102. The molecule has 184 valence electrons. The molecule has 35 heavy (non-hydrogen) atoms. The van der Waals surface area contributed by atoms with E-state index in [1.165, 1.54) is 29.2 Å². The summed E-state index contributed by atoms with van der Waals surface area (Å²) in [6.07, 6.45) is -0.925. The van der Waals surface area contributed by atoms with Crippen molar-refractivity contribution in [1.82, 2.24) is 10.2 Å². The molecule has 0 aliphatic carbocycles. The number of carbonyl (C=O) groups excluding carboxylic acids is 3. The number of hydrogen-bond acceptors (Lipinski definition) is 7. The van der Waals surface area contributed by atoms with Gasteiger partial charge in [-0.25, -0.2) is 4.79 Å². The first-order valence-electron chi connectivity index (χ1n) is 10.4. The van der Waals surface area contributed by atoms with Crippen LogP contribution in [-0.4, -0.2) is 50.1 Å². The maximum Gasteiger partial charge on any atom is 0.333 e. The van der Waals surface area contributed by atoms with Gasteiger partial charge in [0.1, 0.15) is 18.7 Å². The number of benzene rings is 2. The van der Waals surface area contributed by atoms with Crippen LogP contribution in [0, 0.1) is 10.1 Å². The van der Waals surface area contributed by atoms with Gasteiger partial charge in [-0.05, 0) is 35.8 Å². The zero-order valence-corrected chi connectivity index (χ0v) is 20.2. The number of rotatable bonds is 10. The minimum Gasteiger partial charge on any atom is -0.599 e. The summed E-state index contributed by atoms with van der Waals surface area (Å²) >= 11 is 0. The van der Waals surface area contributed by atoms with Crippen molar-refractivity contribution in [2.45, 2.75) is 31.7 Å². The number of amides is 2. The van der Waals surface area contributed by atoms with Gasteiger partial charge in [-0.1, -0.05) is 36.9 Å². The lowest BCUT2D eigenvalue weighted by Gasteiger charge is -2.50. The summed E-state index contributed by atoms with van der Waals surface area (Å²) in [6, 6.07) is 13.0. The summed E-state index contributed by atoms with van der Waals surface area (Å²) in [6.45, 7) is 5.17. The van der Waals surface area contributed by atoms with Gasteiger partial charge in [0.2, 0.25) is 11.7 Å². The second kappa shape index (κ2) is 11.3. The number of non-ortho nitro benzene ring substituents is 1. The molecule has 1 N–H and O–H groups in total. The van der Waals surface area contributed by atoms with E-state index in [-0.39, 0.29) is 12.3 Å². The van der Waals surface area contributed by atoms with Crippen LogP contribution >= 0.6 is 10.7 Å². The van der Waals surface area contributed by atoms with Crippen LogP contribution in [0.15, 0.2) is 66.7 Å². The van der Waals surface area contributed by atoms with E-state index < -0.39 is 57.0 Å². The number of nitro groups is 1. The van der Waals surface area contributed by atoms with Crippen molar-refractivity contribution in [2.75, 3.05) is 5.75 Å². The summed E-state index contributed by atoms with van der Waals surface area (Å²) in [5.41, 5.74) is 1.34. The number of nitrogens with zero attached hydrogens (tertiary/aromatic N) is 2. The van der Waals surface area contributed by atoms with E-state index in [0.29, 0.717) is 16.7 Å². The smallest absolute Gasteiger partial charge is 0.333 e. The Hall–Kier alpha value is -3.41. The monoisotopic (exact) mass is 519 g/mol. The minimum atomic E-state index is -1.92. The molecule has 1 aliphatic rings. The molecule has 0 saturated carbocycles. The van der Waals surface area contributed by atoms with Gasteiger partial charge in [-0.3, -0.25) is 19.7 Å². The molecule has 4 atom stereocenters. The quantitative estimate of drug-likeness (QED) is 0.127. The predicted octanol–water partition coefficient (Wildman–Crippen LogP) is 2.55. The fraction of sp³-hybridized carbons (Fsp3) is 0.261. The lowest BCUT2D eigenvalue weighted by molar-refractivity contribution is -0.384. The van der Waals surface area contributed by atoms with Crippen molar-refractivity contribution in [3.8, 4) is 0 Å². The zero-order valence-electron chi connectivity index (χ0n) is 18.6. The topological polar surface area (TPSA) is 142 Å². The highest BCUT2D eigenvalue weighted by molar-refractivity contribution is 8.14. The summed E-state index contributed by atoms with van der Waals surface area (Å²) in [5.74, 6) is -3.11. The first-order chi connectivity index (χ1) is 16.6. The number of halogens is 1. The van der Waals surface area contributed by atoms with E-state index >= 15 is 0 Å². The Balaban J connectivity index is 1.80. The lowest BCUT2D eigenvalue weighted by atomic mass is 9.83. The van der Waals surface area contributed by atoms with Crippen molar-refractivity contribution in [2.24, 2.45) is 0 Å². The van der Waals surface area contributed by atoms with E-state index in [0.717, 1.165) is 0 Å². The van der Waals surface area contributed by atoms with Gasteiger partial charge in [-0.2, -0.15) is 0 Å². The lowest BCUT2D eigenvalue weighted by Crippen LogP contribution is -2.71. The van der Waals surface area contributed by atoms with Crippen LogP contribution < -0.4 is 5.32 Å². The third kappa shape index (κ3) is 6.18. The molecule has 1 fully saturated rings. The molecule has 3 rings (SSSR count). The van der Waals surface area contributed by atoms with Crippen molar-refractivity contribution < 1.29 is 28.6 Å². The molecule has 0 spiro atoms. The SMILES string of the molecule is C=C(C)C(C(=O)OCc1ccc([N+](=O)[O-])cc1)N1C(=O)C(c2ccccc2)C1NC(=O)C[S+]([O-])Cl. The van der Waals surface area contributed by atoms with Crippen molar-refractivity contribution in [1.29, 1.82) is 0 Å². The van der Waals surface area contributed by atoms with Gasteiger partial charge in [0.15, 0.2) is 16.7 Å². The molecule has 0 radical (unpaired) electrons. The number of carbonyl (C=O) groups is 3. The Morgan fingerprint density at radius 3 is 2.40 bits per heavy atom. The van der Waals surface area contributed by atoms with Crippen LogP contribution in [-0.2, 0) is 36.1 Å². The maximum absolute atomic E-state index is 13.2. The summed E-state index contributed by atoms with van der Waals surface area (Å²) in [7, 11) is 3.51. The Kier molecular flexibility index (Phi) is 8.49. The van der Waals surface area contributed by atoms with E-state index in [2.05, 4.69) is 11.9 Å². The Bertz CT molecular complexity index is 1130. The van der Waals surface area contributed by atoms with Crippen LogP contribution in [0.4, 0.5) is 5.69 Å². The molecule has 2 aromatic rings. The van der Waals surface area contributed by atoms with Crippen LogP contribution in [0.3, 0.4) is 0 Å². The van der Waals surface area contributed by atoms with E-state index in [4.69, 9.17) is 15.4 Å². The van der Waals surface area contributed by atoms with Crippen LogP contribution in [0.5, 0.6) is 0 Å². The fourth-order valence-electron chi connectivity index (χ4n) is 3.75. The van der Waals surface area contributed by atoms with Gasteiger partial charge < -0.3 is 19.5 Å². The number of β-lactam (4-membered cyclic amide) rings is 1. The molecule has 1 aliphatic heterocycles. The van der Waals surface area contributed by atoms with E-state index in [1.54, 1.807) is 37.3 Å². The molecule has 0 bridgehead atoms. The molecule has 10 nitrogen and oxygen atoms in total. The maximum atomic E-state index is 13.2. The molecule has 0 aromatic heterocycles. The van der Waals surface area contributed by atoms with Crippen molar-refractivity contribution in [3.05, 3.63) is 88.0 Å². The number of likely N-dealkylation sites (tertiary alicyclic amines) is 1. The van der Waals surface area contributed by atoms with Crippen molar-refractivity contribution >= 4 is 44.5 Å². The summed E-state index contributed by atoms with van der Waals surface area (Å²) in [4.78, 5) is 49.9. The van der Waals surface area contributed by atoms with Gasteiger partial charge in [0.25, 0.3) is 11.6 Å². The predicted molar refractivity (Wildman–Crippen MR) is 128 cm³/mol. The van der Waals surface area contributed by atoms with Gasteiger partial charge in [0.05, 0.1) is 15.3 Å². The zero-order chi connectivity index (χ0) is 25.7. The van der Waals surface area contributed by atoms with Crippen LogP contribution in [0.2, 0.25) is 0 Å². The molecule has 4 unspecified atom stereocenters. The van der Waals surface area contributed by atoms with Crippen molar-refractivity contribution in [3.63, 3.8) is 0 Å². The number of nitro benzene ring substituents is 1. The first-order valence-corrected chi connectivity index (χ1v) is 12.5. The van der Waals surface area contributed by atoms with Gasteiger partial charge in [0, 0.05) is 12.1 Å². The molecule has 1 saturated heterocycles. The highest BCUT2D eigenvalue weighted by Gasteiger charge is 2.54. The van der Waals surface area contributed by atoms with Gasteiger partial charge >= 0.3 is 5.97 Å². The second-order valence-electron chi connectivity index (χ2n) is 7.86. The van der Waals surface area contributed by atoms with Gasteiger partial charge in [-0.15, -0.1) is 0 Å². The first kappa shape index (κ1) is 26.2. The van der Waals surface area contributed by atoms with Crippen LogP contribution in [0.1, 0.15) is 24.0 Å². The second-order valence-corrected chi connectivity index (χ2v) is 9.76. The summed E-state index contributed by atoms with van der Waals surface area (Å²) in [5, 5.41) is 13.4. The average molecular weight is 520 g/mol. The largest absolute Gasteiger partial charge is 0.599 e. The number of ether oxygens (including phenoxy) is 1. The number of esters is 1. The molecular weight excluding hydrogens is 498 g/mol. The Labute approximate surface area is 208 Å². The Morgan fingerprint density at radius 2 is 1.86 bits per heavy atom. The van der Waals surface area contributed by atoms with Crippen LogP contribution in [0.25, 0.3) is 0 Å². The highest BCUT2D eigenvalue weighted by atomic mass is 35.7. The number of hydrogen-bond donors (Lipinski definition) is 1. The highest BCUT2D eigenvalue weighted by Crippen LogP contribution is 2.37. The number of nitrogens with one attached hydrogen (secondary N) is 1. The third-order valence-electron chi connectivity index (χ3n) is 5.34. The Morgan fingerprint density at radius 1 is 1.23 bits per heavy atom. The molecular formula is C23H22ClN3O7S. The molecule has 12 heteroatoms. The summed E-state index contributed by atoms with van der Waals surface area (Å²) < 4.78 is 16.6. The third-order valence-corrected chi connectivity index (χ3v) is 6.16. The van der Waals surface area contributed by atoms with E-state index in [1.807, 2.05) is 0 Å². The standard InChI is InChI=1S/C23H22ClN3O7S/c1-14(2)20(23(30)34-12-15-8-10-17(11-9-15)27(31)32)26-21(25-18(28)13-35(24)33)19(22(26)29)16-6-4-3-5-7-16/h3-11,19-21H,1,12-13H2,2H3,(H,25,28). The average Bonchev–Trinajstić information content (AvgIpc) is 2.80. The molecule has 1 heterocycles.